The fourth-order valence-electron chi connectivity index (χ4n) is 5.87. The van der Waals surface area contributed by atoms with Gasteiger partial charge in [-0.25, -0.2) is 0 Å². The molecular formula is C32H42N4O4. The van der Waals surface area contributed by atoms with E-state index >= 15 is 0 Å². The molecule has 2 aromatic heterocycles. The van der Waals surface area contributed by atoms with E-state index in [1.807, 2.05) is 34.9 Å². The van der Waals surface area contributed by atoms with Crippen LogP contribution in [0.4, 0.5) is 5.69 Å². The molecule has 4 aromatic rings. The molecule has 8 nitrogen and oxygen atoms in total. The Kier molecular flexibility index (Phi) is 8.87. The van der Waals surface area contributed by atoms with Crippen molar-refractivity contribution in [2.45, 2.75) is 32.4 Å². The standard InChI is InChI=1S/C32H42N4O4/c1-5-34-16-18-35(19-17-34)29-11-6-10-26-27(29)23-36(32(26)37)28(24-13-14-30(38-3)31(21-24)39-4)12-7-15-33(2)22-25-9-8-20-40-25/h6,8-11,13-14,20-21,23,28,37H,5,7,12,15-19,22H2,1-4H3/t28-/m1/s1. The third-order valence-electron chi connectivity index (χ3n) is 8.15. The Morgan fingerprint density at radius 1 is 0.975 bits per heavy atom. The van der Waals surface area contributed by atoms with Gasteiger partial charge in [0, 0.05) is 48.8 Å². The van der Waals surface area contributed by atoms with Crippen LogP contribution in [0.25, 0.3) is 10.8 Å². The largest absolute Gasteiger partial charge is 0.494 e. The third-order valence-corrected chi connectivity index (χ3v) is 8.15. The van der Waals surface area contributed by atoms with Crippen molar-refractivity contribution in [2.75, 3.05) is 65.4 Å². The molecule has 1 atom stereocenters. The van der Waals surface area contributed by atoms with Crippen molar-refractivity contribution in [1.82, 2.24) is 14.4 Å². The third kappa shape index (κ3) is 5.93. The molecule has 1 N–H and O–H groups in total. The minimum Gasteiger partial charge on any atom is -0.494 e. The Morgan fingerprint density at radius 2 is 1.77 bits per heavy atom. The molecule has 214 valence electrons. The van der Waals surface area contributed by atoms with Crippen LogP contribution in [0.15, 0.2) is 65.4 Å². The van der Waals surface area contributed by atoms with Crippen molar-refractivity contribution >= 4 is 16.5 Å². The molecule has 0 saturated carbocycles. The summed E-state index contributed by atoms with van der Waals surface area (Å²) in [5.41, 5.74) is 2.26. The molecule has 8 heteroatoms. The summed E-state index contributed by atoms with van der Waals surface area (Å²) in [6, 6.07) is 16.2. The second kappa shape index (κ2) is 12.7. The fraction of sp³-hybridized carbons (Fsp3) is 0.438. The average molecular weight is 547 g/mol. The summed E-state index contributed by atoms with van der Waals surface area (Å²) < 4.78 is 18.7. The van der Waals surface area contributed by atoms with Crippen LogP contribution in [-0.2, 0) is 6.54 Å². The number of hydrogen-bond donors (Lipinski definition) is 1. The smallest absolute Gasteiger partial charge is 0.199 e. The summed E-state index contributed by atoms with van der Waals surface area (Å²) in [6.45, 7) is 9.05. The maximum absolute atomic E-state index is 11.6. The van der Waals surface area contributed by atoms with E-state index in [-0.39, 0.29) is 6.04 Å². The quantitative estimate of drug-likeness (QED) is 0.248. The van der Waals surface area contributed by atoms with E-state index in [1.54, 1.807) is 20.5 Å². The van der Waals surface area contributed by atoms with Gasteiger partial charge in [-0.05, 0) is 74.9 Å². The van der Waals surface area contributed by atoms with Crippen LogP contribution in [0.2, 0.25) is 0 Å². The van der Waals surface area contributed by atoms with Gasteiger partial charge in [0.25, 0.3) is 0 Å². The first-order chi connectivity index (χ1) is 19.5. The second-order valence-electron chi connectivity index (χ2n) is 10.6. The van der Waals surface area contributed by atoms with Gasteiger partial charge in [0.05, 0.1) is 33.1 Å². The molecule has 0 spiro atoms. The van der Waals surface area contributed by atoms with Crippen LogP contribution in [0.3, 0.4) is 0 Å². The zero-order valence-corrected chi connectivity index (χ0v) is 24.2. The molecule has 0 amide bonds. The molecule has 1 aliphatic rings. The van der Waals surface area contributed by atoms with Crippen LogP contribution in [0.1, 0.15) is 37.1 Å². The van der Waals surface area contributed by atoms with E-state index in [0.29, 0.717) is 17.4 Å². The van der Waals surface area contributed by atoms with Crippen LogP contribution in [0, 0.1) is 0 Å². The van der Waals surface area contributed by atoms with E-state index in [0.717, 1.165) is 80.8 Å². The van der Waals surface area contributed by atoms with Gasteiger partial charge in [0.15, 0.2) is 17.4 Å². The summed E-state index contributed by atoms with van der Waals surface area (Å²) >= 11 is 0. The van der Waals surface area contributed by atoms with E-state index in [1.165, 1.54) is 5.69 Å². The number of nitrogens with zero attached hydrogens (tertiary/aromatic N) is 4. The van der Waals surface area contributed by atoms with E-state index in [2.05, 4.69) is 53.1 Å². The van der Waals surface area contributed by atoms with Crippen LogP contribution in [-0.4, -0.2) is 80.0 Å². The molecule has 3 heterocycles. The topological polar surface area (TPSA) is 66.5 Å². The number of piperazine rings is 1. The fourth-order valence-corrected chi connectivity index (χ4v) is 5.87. The van der Waals surface area contributed by atoms with Crippen molar-refractivity contribution in [3.05, 3.63) is 72.3 Å². The molecule has 0 unspecified atom stereocenters. The molecule has 1 saturated heterocycles. The molecule has 1 aliphatic heterocycles. The van der Waals surface area contributed by atoms with E-state index in [4.69, 9.17) is 13.9 Å². The lowest BCUT2D eigenvalue weighted by Gasteiger charge is -2.35. The highest BCUT2D eigenvalue weighted by molar-refractivity contribution is 5.98. The van der Waals surface area contributed by atoms with Crippen LogP contribution < -0.4 is 14.4 Å². The highest BCUT2D eigenvalue weighted by Gasteiger charge is 2.24. The molecule has 0 aliphatic carbocycles. The van der Waals surface area contributed by atoms with Gasteiger partial charge in [0.2, 0.25) is 0 Å². The Balaban J connectivity index is 1.45. The predicted molar refractivity (Wildman–Crippen MR) is 160 cm³/mol. The van der Waals surface area contributed by atoms with Crippen LogP contribution >= 0.6 is 0 Å². The van der Waals surface area contributed by atoms with E-state index in [9.17, 15) is 5.11 Å². The van der Waals surface area contributed by atoms with Crippen molar-refractivity contribution in [1.29, 1.82) is 0 Å². The number of fused-ring (bicyclic) bond motifs is 1. The Labute approximate surface area is 237 Å². The van der Waals surface area contributed by atoms with Crippen LogP contribution in [0.5, 0.6) is 17.4 Å². The van der Waals surface area contributed by atoms with Gasteiger partial charge in [-0.2, -0.15) is 0 Å². The number of aromatic hydroxyl groups is 1. The number of furan rings is 1. The average Bonchev–Trinajstić information content (AvgIpc) is 3.62. The summed E-state index contributed by atoms with van der Waals surface area (Å²) in [5.74, 6) is 2.64. The second-order valence-corrected chi connectivity index (χ2v) is 10.6. The lowest BCUT2D eigenvalue weighted by molar-refractivity contribution is 0.271. The number of rotatable bonds is 12. The Hall–Kier alpha value is -3.62. The first-order valence-corrected chi connectivity index (χ1v) is 14.2. The highest BCUT2D eigenvalue weighted by atomic mass is 16.5. The number of aromatic nitrogens is 1. The number of ether oxygens (including phenoxy) is 2. The maximum atomic E-state index is 11.6. The van der Waals surface area contributed by atoms with Gasteiger partial charge in [-0.1, -0.05) is 19.1 Å². The SMILES string of the molecule is CCN1CCN(c2cccc3c(O)n([C@H](CCCN(C)Cc4ccco4)c4ccc(OC)c(OC)c4)cc23)CC1. The lowest BCUT2D eigenvalue weighted by atomic mass is 10.0. The predicted octanol–water partition coefficient (Wildman–Crippen LogP) is 5.60. The summed E-state index contributed by atoms with van der Waals surface area (Å²) in [6.07, 6.45) is 5.64. The highest BCUT2D eigenvalue weighted by Crippen LogP contribution is 2.40. The van der Waals surface area contributed by atoms with Gasteiger partial charge < -0.3 is 33.4 Å². The van der Waals surface area contributed by atoms with Crippen molar-refractivity contribution in [3.8, 4) is 17.4 Å². The van der Waals surface area contributed by atoms with E-state index < -0.39 is 0 Å². The molecule has 1 fully saturated rings. The minimum absolute atomic E-state index is 0.0750. The van der Waals surface area contributed by atoms with Crippen molar-refractivity contribution in [2.24, 2.45) is 0 Å². The summed E-state index contributed by atoms with van der Waals surface area (Å²) in [7, 11) is 5.42. The lowest BCUT2D eigenvalue weighted by Crippen LogP contribution is -2.46. The molecule has 0 bridgehead atoms. The van der Waals surface area contributed by atoms with Crippen molar-refractivity contribution < 1.29 is 19.0 Å². The zero-order chi connectivity index (χ0) is 28.1. The zero-order valence-electron chi connectivity index (χ0n) is 24.2. The monoisotopic (exact) mass is 546 g/mol. The van der Waals surface area contributed by atoms with Gasteiger partial charge in [0.1, 0.15) is 5.76 Å². The normalized spacial score (nSPS) is 15.2. The maximum Gasteiger partial charge on any atom is 0.199 e. The number of hydrogen-bond acceptors (Lipinski definition) is 7. The molecule has 2 aromatic carbocycles. The first kappa shape index (κ1) is 27.9. The Morgan fingerprint density at radius 3 is 2.48 bits per heavy atom. The van der Waals surface area contributed by atoms with Gasteiger partial charge in [-0.15, -0.1) is 0 Å². The number of likely N-dealkylation sites (N-methyl/N-ethyl adjacent to an activating group) is 1. The minimum atomic E-state index is -0.0750. The van der Waals surface area contributed by atoms with Gasteiger partial charge >= 0.3 is 0 Å². The Bertz CT molecular complexity index is 1380. The molecule has 40 heavy (non-hydrogen) atoms. The molecule has 0 radical (unpaired) electrons. The van der Waals surface area contributed by atoms with Gasteiger partial charge in [-0.3, -0.25) is 4.90 Å². The summed E-state index contributed by atoms with van der Waals surface area (Å²) in [5, 5.41) is 13.6. The number of benzene rings is 2. The van der Waals surface area contributed by atoms with Crippen molar-refractivity contribution in [3.63, 3.8) is 0 Å². The summed E-state index contributed by atoms with van der Waals surface area (Å²) in [4.78, 5) is 7.20. The number of methoxy groups -OCH3 is 2. The number of anilines is 1. The molecule has 5 rings (SSSR count). The molecular weight excluding hydrogens is 504 g/mol. The first-order valence-electron chi connectivity index (χ1n) is 14.2.